The Morgan fingerprint density at radius 3 is 2.71 bits per heavy atom. The first-order valence-corrected chi connectivity index (χ1v) is 8.90. The molecule has 3 rings (SSSR count). The molecule has 3 heterocycles. The zero-order valence-electron chi connectivity index (χ0n) is 12.8. The van der Waals surface area contributed by atoms with Crippen LogP contribution < -0.4 is 0 Å². The van der Waals surface area contributed by atoms with Crippen LogP contribution in [0.4, 0.5) is 0 Å². The summed E-state index contributed by atoms with van der Waals surface area (Å²) >= 11 is 0. The maximum absolute atomic E-state index is 12.4. The van der Waals surface area contributed by atoms with E-state index in [1.54, 1.807) is 7.11 Å². The van der Waals surface area contributed by atoms with E-state index >= 15 is 0 Å². The Bertz CT molecular complexity index is 612. The summed E-state index contributed by atoms with van der Waals surface area (Å²) in [4.78, 5) is 2.16. The zero-order valence-corrected chi connectivity index (χ0v) is 13.6. The first-order chi connectivity index (χ1) is 9.89. The van der Waals surface area contributed by atoms with Crippen LogP contribution in [0.1, 0.15) is 23.4 Å². The van der Waals surface area contributed by atoms with E-state index in [9.17, 15) is 8.42 Å². The highest BCUT2D eigenvalue weighted by Crippen LogP contribution is 2.45. The van der Waals surface area contributed by atoms with E-state index in [0.29, 0.717) is 32.0 Å². The molecule has 6 nitrogen and oxygen atoms in total. The number of nitrogens with zero attached hydrogens (tertiary/aromatic N) is 2. The molecule has 21 heavy (non-hydrogen) atoms. The van der Waals surface area contributed by atoms with Crippen LogP contribution in [-0.2, 0) is 21.1 Å². The molecule has 7 heteroatoms. The predicted molar refractivity (Wildman–Crippen MR) is 77.8 cm³/mol. The predicted octanol–water partition coefficient (Wildman–Crippen LogP) is 0.927. The molecule has 118 valence electrons. The minimum absolute atomic E-state index is 0.119. The Kier molecular flexibility index (Phi) is 3.62. The molecule has 2 saturated heterocycles. The highest BCUT2D eigenvalue weighted by molar-refractivity contribution is 7.93. The standard InChI is InChI=1S/C14H22N2O4S/c1-10-13(11(2)20-15-10)6-16-8-14(9-16)12(7-19-3)4-5-21(14,17)18/h12H,4-9H2,1-3H3/t12-/m1/s1. The lowest BCUT2D eigenvalue weighted by Gasteiger charge is -2.50. The van der Waals surface area contributed by atoms with Crippen LogP contribution in [0.2, 0.25) is 0 Å². The first-order valence-electron chi connectivity index (χ1n) is 7.25. The second-order valence-corrected chi connectivity index (χ2v) is 8.72. The molecule has 0 unspecified atom stereocenters. The number of aryl methyl sites for hydroxylation is 2. The fourth-order valence-corrected chi connectivity index (χ4v) is 6.14. The summed E-state index contributed by atoms with van der Waals surface area (Å²) in [5.41, 5.74) is 1.96. The number of hydrogen-bond acceptors (Lipinski definition) is 6. The van der Waals surface area contributed by atoms with Gasteiger partial charge in [-0.25, -0.2) is 8.42 Å². The van der Waals surface area contributed by atoms with Crippen molar-refractivity contribution < 1.29 is 17.7 Å². The quantitative estimate of drug-likeness (QED) is 0.823. The molecule has 2 aliphatic heterocycles. The molecular weight excluding hydrogens is 292 g/mol. The molecule has 0 bridgehead atoms. The summed E-state index contributed by atoms with van der Waals surface area (Å²) in [6.07, 6.45) is 0.718. The van der Waals surface area contributed by atoms with E-state index in [1.807, 2.05) is 13.8 Å². The molecule has 2 aliphatic rings. The number of aromatic nitrogens is 1. The Morgan fingerprint density at radius 2 is 2.14 bits per heavy atom. The molecule has 2 fully saturated rings. The van der Waals surface area contributed by atoms with Gasteiger partial charge in [0.1, 0.15) is 10.5 Å². The maximum Gasteiger partial charge on any atom is 0.158 e. The molecule has 0 aromatic carbocycles. The van der Waals surface area contributed by atoms with Crippen LogP contribution in [0.15, 0.2) is 4.52 Å². The van der Waals surface area contributed by atoms with E-state index < -0.39 is 14.6 Å². The van der Waals surface area contributed by atoms with Crippen molar-refractivity contribution in [2.45, 2.75) is 31.6 Å². The van der Waals surface area contributed by atoms with Gasteiger partial charge in [-0.3, -0.25) is 4.90 Å². The molecule has 0 saturated carbocycles. The molecule has 0 amide bonds. The highest BCUT2D eigenvalue weighted by atomic mass is 32.2. The summed E-state index contributed by atoms with van der Waals surface area (Å²) < 4.78 is 34.6. The van der Waals surface area contributed by atoms with Gasteiger partial charge in [0.2, 0.25) is 0 Å². The van der Waals surface area contributed by atoms with Crippen molar-refractivity contribution in [1.29, 1.82) is 0 Å². The van der Waals surface area contributed by atoms with Gasteiger partial charge in [-0.15, -0.1) is 0 Å². The SMILES string of the molecule is COC[C@H]1CCS(=O)(=O)C12CN(Cc1c(C)noc1C)C2. The largest absolute Gasteiger partial charge is 0.384 e. The highest BCUT2D eigenvalue weighted by Gasteiger charge is 2.61. The lowest BCUT2D eigenvalue weighted by atomic mass is 9.83. The molecule has 1 aromatic heterocycles. The molecular formula is C14H22N2O4S. The monoisotopic (exact) mass is 314 g/mol. The van der Waals surface area contributed by atoms with Crippen molar-refractivity contribution in [2.24, 2.45) is 5.92 Å². The lowest BCUT2D eigenvalue weighted by molar-refractivity contribution is 0.0408. The minimum Gasteiger partial charge on any atom is -0.384 e. The van der Waals surface area contributed by atoms with Crippen LogP contribution in [-0.4, -0.2) is 55.8 Å². The van der Waals surface area contributed by atoms with Gasteiger partial charge in [0.05, 0.1) is 18.1 Å². The second-order valence-electron chi connectivity index (χ2n) is 6.27. The van der Waals surface area contributed by atoms with Gasteiger partial charge in [-0.05, 0) is 20.3 Å². The van der Waals surface area contributed by atoms with Crippen molar-refractivity contribution >= 4 is 9.84 Å². The van der Waals surface area contributed by atoms with Gasteiger partial charge < -0.3 is 9.26 Å². The number of methoxy groups -OCH3 is 1. The van der Waals surface area contributed by atoms with Crippen LogP contribution in [0.3, 0.4) is 0 Å². The van der Waals surface area contributed by atoms with Gasteiger partial charge >= 0.3 is 0 Å². The number of rotatable bonds is 4. The molecule has 0 radical (unpaired) electrons. The second kappa shape index (κ2) is 5.07. The average Bonchev–Trinajstić information content (AvgIpc) is 2.82. The van der Waals surface area contributed by atoms with Crippen molar-refractivity contribution in [1.82, 2.24) is 10.1 Å². The molecule has 1 spiro atoms. The molecule has 0 N–H and O–H groups in total. The molecule has 1 aromatic rings. The molecule has 0 aliphatic carbocycles. The first kappa shape index (κ1) is 15.0. The van der Waals surface area contributed by atoms with E-state index in [2.05, 4.69) is 10.1 Å². The van der Waals surface area contributed by atoms with E-state index in [1.165, 1.54) is 0 Å². The Labute approximate surface area is 125 Å². The summed E-state index contributed by atoms with van der Waals surface area (Å²) in [5.74, 6) is 1.23. The summed E-state index contributed by atoms with van der Waals surface area (Å²) in [6.45, 7) is 6.23. The minimum atomic E-state index is -3.01. The Morgan fingerprint density at radius 1 is 1.43 bits per heavy atom. The maximum atomic E-state index is 12.4. The van der Waals surface area contributed by atoms with Gasteiger partial charge in [0.25, 0.3) is 0 Å². The van der Waals surface area contributed by atoms with Crippen molar-refractivity contribution in [3.8, 4) is 0 Å². The van der Waals surface area contributed by atoms with Gasteiger partial charge in [0, 0.05) is 38.2 Å². The van der Waals surface area contributed by atoms with Crippen LogP contribution in [0, 0.1) is 19.8 Å². The zero-order chi connectivity index (χ0) is 15.3. The number of ether oxygens (including phenoxy) is 1. The van der Waals surface area contributed by atoms with Crippen molar-refractivity contribution in [3.05, 3.63) is 17.0 Å². The average molecular weight is 314 g/mol. The fourth-order valence-electron chi connectivity index (χ4n) is 3.68. The summed E-state index contributed by atoms with van der Waals surface area (Å²) in [7, 11) is -1.38. The van der Waals surface area contributed by atoms with Crippen LogP contribution in [0.5, 0.6) is 0 Å². The summed E-state index contributed by atoms with van der Waals surface area (Å²) in [6, 6.07) is 0. The number of sulfone groups is 1. The van der Waals surface area contributed by atoms with Crippen LogP contribution >= 0.6 is 0 Å². The Balaban J connectivity index is 1.73. The summed E-state index contributed by atoms with van der Waals surface area (Å²) in [5, 5.41) is 3.95. The normalized spacial score (nSPS) is 27.1. The molecule has 1 atom stereocenters. The van der Waals surface area contributed by atoms with Gasteiger partial charge in [-0.1, -0.05) is 5.16 Å². The van der Waals surface area contributed by atoms with Gasteiger partial charge in [-0.2, -0.15) is 0 Å². The van der Waals surface area contributed by atoms with Crippen LogP contribution in [0.25, 0.3) is 0 Å². The number of likely N-dealkylation sites (tertiary alicyclic amines) is 1. The third kappa shape index (κ3) is 2.22. The van der Waals surface area contributed by atoms with Crippen molar-refractivity contribution in [3.63, 3.8) is 0 Å². The van der Waals surface area contributed by atoms with E-state index in [-0.39, 0.29) is 5.92 Å². The lowest BCUT2D eigenvalue weighted by Crippen LogP contribution is -2.67. The fraction of sp³-hybridized carbons (Fsp3) is 0.786. The van der Waals surface area contributed by atoms with E-state index in [4.69, 9.17) is 9.26 Å². The third-order valence-electron chi connectivity index (χ3n) is 5.01. The smallest absolute Gasteiger partial charge is 0.158 e. The third-order valence-corrected chi connectivity index (χ3v) is 7.62. The van der Waals surface area contributed by atoms with Gasteiger partial charge in [0.15, 0.2) is 9.84 Å². The number of hydrogen-bond donors (Lipinski definition) is 0. The topological polar surface area (TPSA) is 72.6 Å². The van der Waals surface area contributed by atoms with Crippen molar-refractivity contribution in [2.75, 3.05) is 32.6 Å². The Hall–Kier alpha value is -0.920. The van der Waals surface area contributed by atoms with E-state index in [0.717, 1.165) is 23.4 Å².